The van der Waals surface area contributed by atoms with Gasteiger partial charge in [0.1, 0.15) is 0 Å². The average molecular weight is 292 g/mol. The first-order valence-electron chi connectivity index (χ1n) is 8.63. The van der Waals surface area contributed by atoms with Gasteiger partial charge < -0.3 is 4.74 Å². The number of rotatable bonds is 7. The van der Waals surface area contributed by atoms with Crippen LogP contribution in [0.3, 0.4) is 0 Å². The van der Waals surface area contributed by atoms with E-state index in [1.165, 1.54) is 38.5 Å². The van der Waals surface area contributed by atoms with E-state index in [0.717, 1.165) is 24.3 Å². The van der Waals surface area contributed by atoms with Crippen LogP contribution in [0.2, 0.25) is 0 Å². The summed E-state index contributed by atoms with van der Waals surface area (Å²) in [6, 6.07) is 5.58. The van der Waals surface area contributed by atoms with Gasteiger partial charge in [0.2, 0.25) is 0 Å². The van der Waals surface area contributed by atoms with Crippen LogP contribution in [0.25, 0.3) is 0 Å². The van der Waals surface area contributed by atoms with Crippen molar-refractivity contribution in [2.45, 2.75) is 71.1 Å². The first kappa shape index (κ1) is 16.3. The maximum absolute atomic E-state index is 14.1. The lowest BCUT2D eigenvalue weighted by Gasteiger charge is -2.26. The molecule has 1 fully saturated rings. The highest BCUT2D eigenvalue weighted by atomic mass is 19.1. The van der Waals surface area contributed by atoms with Crippen LogP contribution >= 0.6 is 0 Å². The maximum atomic E-state index is 14.1. The van der Waals surface area contributed by atoms with E-state index in [0.29, 0.717) is 18.3 Å². The Hall–Kier alpha value is -1.05. The lowest BCUT2D eigenvalue weighted by Crippen LogP contribution is -2.11. The minimum Gasteiger partial charge on any atom is -0.491 e. The first-order valence-corrected chi connectivity index (χ1v) is 8.63. The van der Waals surface area contributed by atoms with Gasteiger partial charge in [0, 0.05) is 0 Å². The summed E-state index contributed by atoms with van der Waals surface area (Å²) >= 11 is 0. The Morgan fingerprint density at radius 3 is 2.52 bits per heavy atom. The van der Waals surface area contributed by atoms with Gasteiger partial charge in [-0.2, -0.15) is 0 Å². The quantitative estimate of drug-likeness (QED) is 0.553. The zero-order valence-corrected chi connectivity index (χ0v) is 13.5. The van der Waals surface area contributed by atoms with Crippen LogP contribution in [0.1, 0.15) is 76.7 Å². The molecule has 2 rings (SSSR count). The molecule has 1 aliphatic carbocycles. The van der Waals surface area contributed by atoms with E-state index in [9.17, 15) is 4.39 Å². The zero-order chi connectivity index (χ0) is 15.1. The SMILES string of the molecule is CCCCCCOc1ccc(C2CCC(C)CC2)cc1F. The molecule has 0 unspecified atom stereocenters. The van der Waals surface area contributed by atoms with Crippen LogP contribution in [-0.4, -0.2) is 6.61 Å². The highest BCUT2D eigenvalue weighted by Gasteiger charge is 2.20. The molecule has 21 heavy (non-hydrogen) atoms. The van der Waals surface area contributed by atoms with Gasteiger partial charge in [-0.15, -0.1) is 0 Å². The molecule has 1 aliphatic rings. The molecule has 1 aromatic rings. The highest BCUT2D eigenvalue weighted by molar-refractivity contribution is 5.31. The van der Waals surface area contributed by atoms with Crippen molar-refractivity contribution in [1.82, 2.24) is 0 Å². The zero-order valence-electron chi connectivity index (χ0n) is 13.5. The molecule has 0 radical (unpaired) electrons. The summed E-state index contributed by atoms with van der Waals surface area (Å²) in [5, 5.41) is 0. The predicted octanol–water partition coefficient (Wildman–Crippen LogP) is 6.08. The molecular formula is C19H29FO. The third kappa shape index (κ3) is 5.01. The molecule has 0 aromatic heterocycles. The molecule has 0 bridgehead atoms. The smallest absolute Gasteiger partial charge is 0.165 e. The van der Waals surface area contributed by atoms with Crippen LogP contribution in [0.15, 0.2) is 18.2 Å². The van der Waals surface area contributed by atoms with Gasteiger partial charge in [-0.25, -0.2) is 4.39 Å². The molecule has 0 amide bonds. The maximum Gasteiger partial charge on any atom is 0.165 e. The van der Waals surface area contributed by atoms with Gasteiger partial charge in [-0.1, -0.05) is 52.0 Å². The minimum absolute atomic E-state index is 0.193. The van der Waals surface area contributed by atoms with Gasteiger partial charge >= 0.3 is 0 Å². The number of benzene rings is 1. The Kier molecular flexibility index (Phi) is 6.53. The normalized spacial score (nSPS) is 22.2. The van der Waals surface area contributed by atoms with E-state index < -0.39 is 0 Å². The Morgan fingerprint density at radius 2 is 1.86 bits per heavy atom. The molecule has 2 heteroatoms. The molecule has 1 nitrogen and oxygen atoms in total. The van der Waals surface area contributed by atoms with Crippen LogP contribution in [0.5, 0.6) is 5.75 Å². The lowest BCUT2D eigenvalue weighted by molar-refractivity contribution is 0.289. The number of ether oxygens (including phenoxy) is 1. The van der Waals surface area contributed by atoms with Crippen molar-refractivity contribution in [2.75, 3.05) is 6.61 Å². The van der Waals surface area contributed by atoms with E-state index >= 15 is 0 Å². The van der Waals surface area contributed by atoms with Gasteiger partial charge in [-0.05, 0) is 48.8 Å². The second kappa shape index (κ2) is 8.41. The second-order valence-electron chi connectivity index (χ2n) is 6.56. The number of hydrogen-bond acceptors (Lipinski definition) is 1. The third-order valence-corrected chi connectivity index (χ3v) is 4.70. The molecule has 0 saturated heterocycles. The summed E-state index contributed by atoms with van der Waals surface area (Å²) in [6.45, 7) is 5.12. The second-order valence-corrected chi connectivity index (χ2v) is 6.56. The Balaban J connectivity index is 1.85. The molecule has 0 aliphatic heterocycles. The topological polar surface area (TPSA) is 9.23 Å². The summed E-state index contributed by atoms with van der Waals surface area (Å²) in [5.74, 6) is 1.59. The van der Waals surface area contributed by atoms with E-state index in [1.807, 2.05) is 6.07 Å². The molecule has 0 N–H and O–H groups in total. The first-order chi connectivity index (χ1) is 10.2. The van der Waals surface area contributed by atoms with Crippen molar-refractivity contribution in [2.24, 2.45) is 5.92 Å². The minimum atomic E-state index is -0.193. The fourth-order valence-corrected chi connectivity index (χ4v) is 3.19. The fraction of sp³-hybridized carbons (Fsp3) is 0.684. The largest absolute Gasteiger partial charge is 0.491 e. The molecular weight excluding hydrogens is 263 g/mol. The Bertz CT molecular complexity index is 422. The molecule has 1 aromatic carbocycles. The van der Waals surface area contributed by atoms with Gasteiger partial charge in [0.05, 0.1) is 6.61 Å². The fourth-order valence-electron chi connectivity index (χ4n) is 3.19. The molecule has 0 atom stereocenters. The van der Waals surface area contributed by atoms with Crippen LogP contribution in [0, 0.1) is 11.7 Å². The van der Waals surface area contributed by atoms with Gasteiger partial charge in [-0.3, -0.25) is 0 Å². The molecule has 0 spiro atoms. The third-order valence-electron chi connectivity index (χ3n) is 4.70. The van der Waals surface area contributed by atoms with Gasteiger partial charge in [0.15, 0.2) is 11.6 Å². The van der Waals surface area contributed by atoms with Crippen LogP contribution in [0.4, 0.5) is 4.39 Å². The molecule has 1 saturated carbocycles. The number of hydrogen-bond donors (Lipinski definition) is 0. The lowest BCUT2D eigenvalue weighted by atomic mass is 9.79. The number of unbranched alkanes of at least 4 members (excludes halogenated alkanes) is 3. The van der Waals surface area contributed by atoms with Crippen LogP contribution < -0.4 is 4.74 Å². The summed E-state index contributed by atoms with van der Waals surface area (Å²) in [5.41, 5.74) is 1.15. The van der Waals surface area contributed by atoms with Crippen molar-refractivity contribution in [3.05, 3.63) is 29.6 Å². The van der Waals surface area contributed by atoms with Crippen LogP contribution in [-0.2, 0) is 0 Å². The predicted molar refractivity (Wildman–Crippen MR) is 86.4 cm³/mol. The standard InChI is InChI=1S/C19H29FO/c1-3-4-5-6-13-21-19-12-11-17(14-18(19)20)16-9-7-15(2)8-10-16/h11-12,14-16H,3-10,13H2,1-2H3. The van der Waals surface area contributed by atoms with Crippen molar-refractivity contribution in [1.29, 1.82) is 0 Å². The highest BCUT2D eigenvalue weighted by Crippen LogP contribution is 2.36. The van der Waals surface area contributed by atoms with E-state index in [-0.39, 0.29) is 5.82 Å². The van der Waals surface area contributed by atoms with Gasteiger partial charge in [0.25, 0.3) is 0 Å². The summed E-state index contributed by atoms with van der Waals surface area (Å²) < 4.78 is 19.7. The van der Waals surface area contributed by atoms with E-state index in [4.69, 9.17) is 4.74 Å². The van der Waals surface area contributed by atoms with Crippen molar-refractivity contribution < 1.29 is 9.13 Å². The monoisotopic (exact) mass is 292 g/mol. The average Bonchev–Trinajstić information content (AvgIpc) is 2.49. The van der Waals surface area contributed by atoms with Crippen molar-refractivity contribution in [3.63, 3.8) is 0 Å². The Labute approximate surface area is 128 Å². The summed E-state index contributed by atoms with van der Waals surface area (Å²) in [6.07, 6.45) is 9.53. The summed E-state index contributed by atoms with van der Waals surface area (Å²) in [7, 11) is 0. The Morgan fingerprint density at radius 1 is 1.10 bits per heavy atom. The van der Waals surface area contributed by atoms with E-state index in [2.05, 4.69) is 19.9 Å². The van der Waals surface area contributed by atoms with E-state index in [1.54, 1.807) is 6.07 Å². The summed E-state index contributed by atoms with van der Waals surface area (Å²) in [4.78, 5) is 0. The molecule has 118 valence electrons. The van der Waals surface area contributed by atoms with Crippen molar-refractivity contribution >= 4 is 0 Å². The molecule has 0 heterocycles. The number of halogens is 1. The van der Waals surface area contributed by atoms with Crippen molar-refractivity contribution in [3.8, 4) is 5.75 Å².